The Labute approximate surface area is 112 Å². The summed E-state index contributed by atoms with van der Waals surface area (Å²) >= 11 is 3.18. The molecular formula is C12H10BrNO4. The first kappa shape index (κ1) is 12.8. The Bertz CT molecular complexity index is 480. The number of rotatable bonds is 4. The Morgan fingerprint density at radius 2 is 1.72 bits per heavy atom. The molecule has 1 aliphatic heterocycles. The first-order chi connectivity index (χ1) is 8.65. The van der Waals surface area contributed by atoms with Crippen LogP contribution in [-0.4, -0.2) is 28.2 Å². The summed E-state index contributed by atoms with van der Waals surface area (Å²) in [6.07, 6.45) is 0.737. The molecule has 0 saturated heterocycles. The minimum Gasteiger partial charge on any atom is -0.330 e. The van der Waals surface area contributed by atoms with Gasteiger partial charge >= 0.3 is 5.97 Å². The van der Waals surface area contributed by atoms with E-state index in [0.29, 0.717) is 16.8 Å². The molecule has 1 aromatic carbocycles. The van der Waals surface area contributed by atoms with Gasteiger partial charge < -0.3 is 4.84 Å². The fourth-order valence-electron chi connectivity index (χ4n) is 1.61. The highest BCUT2D eigenvalue weighted by molar-refractivity contribution is 9.09. The van der Waals surface area contributed by atoms with Crippen LogP contribution in [0.4, 0.5) is 0 Å². The van der Waals surface area contributed by atoms with Gasteiger partial charge in [-0.1, -0.05) is 33.1 Å². The fourth-order valence-corrected chi connectivity index (χ4v) is 1.89. The van der Waals surface area contributed by atoms with E-state index in [1.165, 1.54) is 12.1 Å². The molecule has 0 aliphatic carbocycles. The number of halogens is 1. The monoisotopic (exact) mass is 311 g/mol. The Hall–Kier alpha value is -1.69. The lowest BCUT2D eigenvalue weighted by atomic mass is 10.1. The van der Waals surface area contributed by atoms with Gasteiger partial charge in [-0.05, 0) is 18.6 Å². The maximum atomic E-state index is 11.8. The lowest BCUT2D eigenvalue weighted by Crippen LogP contribution is -2.32. The molecular weight excluding hydrogens is 302 g/mol. The van der Waals surface area contributed by atoms with Gasteiger partial charge in [0.2, 0.25) is 0 Å². The highest BCUT2D eigenvalue weighted by atomic mass is 79.9. The number of nitrogens with zero attached hydrogens (tertiary/aromatic N) is 1. The highest BCUT2D eigenvalue weighted by Crippen LogP contribution is 2.22. The molecule has 5 nitrogen and oxygen atoms in total. The van der Waals surface area contributed by atoms with Crippen molar-refractivity contribution in [1.82, 2.24) is 5.06 Å². The fraction of sp³-hybridized carbons (Fsp3) is 0.250. The molecule has 18 heavy (non-hydrogen) atoms. The number of benzene rings is 1. The summed E-state index contributed by atoms with van der Waals surface area (Å²) in [4.78, 5) is 39.9. The van der Waals surface area contributed by atoms with Crippen molar-refractivity contribution in [3.05, 3.63) is 35.4 Å². The molecule has 0 unspecified atom stereocenters. The molecule has 1 aliphatic rings. The number of hydrogen-bond donors (Lipinski definition) is 0. The second kappa shape index (κ2) is 5.30. The molecule has 94 valence electrons. The minimum atomic E-state index is -0.595. The van der Waals surface area contributed by atoms with Crippen LogP contribution in [0.15, 0.2) is 24.3 Å². The van der Waals surface area contributed by atoms with Crippen LogP contribution in [0, 0.1) is 0 Å². The number of imide groups is 1. The standard InChI is InChI=1S/C12H10BrNO4/c13-7-3-6-10(15)18-14-11(16)8-4-1-2-5-9(8)12(14)17/h1-2,4-5H,3,6-7H2. The maximum absolute atomic E-state index is 11.8. The molecule has 0 fully saturated rings. The SMILES string of the molecule is O=C(CCCBr)ON1C(=O)c2ccccc2C1=O. The highest BCUT2D eigenvalue weighted by Gasteiger charge is 2.38. The molecule has 1 heterocycles. The molecule has 0 N–H and O–H groups in total. The molecule has 0 spiro atoms. The zero-order chi connectivity index (χ0) is 13.1. The topological polar surface area (TPSA) is 63.7 Å². The third-order valence-corrected chi connectivity index (χ3v) is 3.03. The minimum absolute atomic E-state index is 0.151. The molecule has 1 aromatic rings. The Balaban J connectivity index is 2.11. The van der Waals surface area contributed by atoms with Crippen LogP contribution in [0.3, 0.4) is 0 Å². The van der Waals surface area contributed by atoms with Crippen molar-refractivity contribution in [3.63, 3.8) is 0 Å². The lowest BCUT2D eigenvalue weighted by molar-refractivity contribution is -0.168. The smallest absolute Gasteiger partial charge is 0.330 e. The van der Waals surface area contributed by atoms with Crippen LogP contribution < -0.4 is 0 Å². The van der Waals surface area contributed by atoms with Crippen LogP contribution in [0.5, 0.6) is 0 Å². The van der Waals surface area contributed by atoms with E-state index >= 15 is 0 Å². The second-order valence-corrected chi connectivity index (χ2v) is 4.50. The maximum Gasteiger partial charge on any atom is 0.333 e. The zero-order valence-electron chi connectivity index (χ0n) is 9.39. The van der Waals surface area contributed by atoms with Gasteiger partial charge in [0, 0.05) is 11.8 Å². The van der Waals surface area contributed by atoms with E-state index in [1.807, 2.05) is 0 Å². The average Bonchev–Trinajstić information content (AvgIpc) is 2.62. The molecule has 6 heteroatoms. The summed E-state index contributed by atoms with van der Waals surface area (Å²) in [5.41, 5.74) is 0.520. The quantitative estimate of drug-likeness (QED) is 0.629. The van der Waals surface area contributed by atoms with Crippen LogP contribution in [-0.2, 0) is 9.63 Å². The summed E-state index contributed by atoms with van der Waals surface area (Å²) in [7, 11) is 0. The van der Waals surface area contributed by atoms with Gasteiger partial charge in [-0.15, -0.1) is 0 Å². The normalized spacial score (nSPS) is 13.7. The van der Waals surface area contributed by atoms with E-state index in [0.717, 1.165) is 0 Å². The molecule has 2 rings (SSSR count). The van der Waals surface area contributed by atoms with Gasteiger partial charge in [0.25, 0.3) is 11.8 Å². The van der Waals surface area contributed by atoms with Gasteiger partial charge in [-0.2, -0.15) is 0 Å². The van der Waals surface area contributed by atoms with E-state index in [-0.39, 0.29) is 17.5 Å². The summed E-state index contributed by atoms with van der Waals surface area (Å²) < 4.78 is 0. The van der Waals surface area contributed by atoms with Crippen molar-refractivity contribution >= 4 is 33.7 Å². The molecule has 0 atom stereocenters. The lowest BCUT2D eigenvalue weighted by Gasteiger charge is -2.12. The van der Waals surface area contributed by atoms with Crippen molar-refractivity contribution in [2.45, 2.75) is 12.8 Å². The van der Waals surface area contributed by atoms with Gasteiger partial charge in [0.05, 0.1) is 11.1 Å². The van der Waals surface area contributed by atoms with Gasteiger partial charge in [0.1, 0.15) is 0 Å². The summed E-state index contributed by atoms with van der Waals surface area (Å²) in [5.74, 6) is -1.78. The van der Waals surface area contributed by atoms with E-state index in [1.54, 1.807) is 12.1 Å². The van der Waals surface area contributed by atoms with Gasteiger partial charge in [-0.25, -0.2) is 4.79 Å². The molecule has 0 radical (unpaired) electrons. The summed E-state index contributed by atoms with van der Waals surface area (Å²) in [6, 6.07) is 6.37. The number of hydrogen-bond acceptors (Lipinski definition) is 4. The number of hydroxylamine groups is 2. The van der Waals surface area contributed by atoms with Crippen LogP contribution in [0.1, 0.15) is 33.6 Å². The third-order valence-electron chi connectivity index (χ3n) is 2.46. The van der Waals surface area contributed by atoms with Crippen LogP contribution in [0.2, 0.25) is 0 Å². The predicted molar refractivity (Wildman–Crippen MR) is 66.1 cm³/mol. The van der Waals surface area contributed by atoms with E-state index in [9.17, 15) is 14.4 Å². The van der Waals surface area contributed by atoms with Gasteiger partial charge in [0.15, 0.2) is 0 Å². The van der Waals surface area contributed by atoms with Crippen molar-refractivity contribution in [1.29, 1.82) is 0 Å². The van der Waals surface area contributed by atoms with E-state index in [4.69, 9.17) is 4.84 Å². The average molecular weight is 312 g/mol. The Kier molecular flexibility index (Phi) is 3.76. The molecule has 0 aromatic heterocycles. The molecule has 2 amide bonds. The first-order valence-corrected chi connectivity index (χ1v) is 6.52. The van der Waals surface area contributed by atoms with Crippen molar-refractivity contribution in [2.75, 3.05) is 5.33 Å². The summed E-state index contributed by atoms with van der Waals surface area (Å²) in [6.45, 7) is 0. The number of carbonyl (C=O) groups excluding carboxylic acids is 3. The number of alkyl halides is 1. The predicted octanol–water partition coefficient (Wildman–Crippen LogP) is 1.92. The van der Waals surface area contributed by atoms with Crippen molar-refractivity contribution < 1.29 is 19.2 Å². The summed E-state index contributed by atoms with van der Waals surface area (Å²) in [5, 5.41) is 1.19. The Morgan fingerprint density at radius 3 is 2.22 bits per heavy atom. The van der Waals surface area contributed by atoms with Gasteiger partial charge in [-0.3, -0.25) is 9.59 Å². The number of carbonyl (C=O) groups is 3. The van der Waals surface area contributed by atoms with Crippen molar-refractivity contribution in [2.24, 2.45) is 0 Å². The second-order valence-electron chi connectivity index (χ2n) is 3.71. The first-order valence-electron chi connectivity index (χ1n) is 5.39. The largest absolute Gasteiger partial charge is 0.333 e. The van der Waals surface area contributed by atoms with E-state index in [2.05, 4.69) is 15.9 Å². The van der Waals surface area contributed by atoms with Crippen molar-refractivity contribution in [3.8, 4) is 0 Å². The zero-order valence-corrected chi connectivity index (χ0v) is 11.0. The number of amides is 2. The van der Waals surface area contributed by atoms with Crippen LogP contribution >= 0.6 is 15.9 Å². The third kappa shape index (κ3) is 2.28. The van der Waals surface area contributed by atoms with E-state index < -0.39 is 17.8 Å². The molecule has 0 bridgehead atoms. The number of fused-ring (bicyclic) bond motifs is 1. The Morgan fingerprint density at radius 1 is 1.17 bits per heavy atom. The van der Waals surface area contributed by atoms with Crippen LogP contribution in [0.25, 0.3) is 0 Å². The molecule has 0 saturated carbocycles.